The number of nitrogens with zero attached hydrogens (tertiary/aromatic N) is 1. The van der Waals surface area contributed by atoms with E-state index in [4.69, 9.17) is 4.74 Å². The highest BCUT2D eigenvalue weighted by Crippen LogP contribution is 2.05. The van der Waals surface area contributed by atoms with Crippen molar-refractivity contribution in [2.45, 2.75) is 26.3 Å². The maximum Gasteiger partial charge on any atom is 0.0594 e. The van der Waals surface area contributed by atoms with Gasteiger partial charge < -0.3 is 10.1 Å². The molecule has 0 aromatic carbocycles. The Labute approximate surface area is 81.4 Å². The van der Waals surface area contributed by atoms with E-state index >= 15 is 0 Å². The zero-order chi connectivity index (χ0) is 9.52. The standard InChI is InChI=1S/C10H22N2O/c1-3-11-5-4-10(2)12-6-8-13-9-7-12/h10-11H,3-9H2,1-2H3. The minimum atomic E-state index is 0.697. The largest absolute Gasteiger partial charge is 0.379 e. The minimum absolute atomic E-state index is 0.697. The number of rotatable bonds is 5. The monoisotopic (exact) mass is 186 g/mol. The highest BCUT2D eigenvalue weighted by Gasteiger charge is 2.15. The molecule has 3 nitrogen and oxygen atoms in total. The first-order chi connectivity index (χ1) is 6.34. The summed E-state index contributed by atoms with van der Waals surface area (Å²) < 4.78 is 5.32. The lowest BCUT2D eigenvalue weighted by atomic mass is 10.2. The average Bonchev–Trinajstić information content (AvgIpc) is 2.19. The predicted octanol–water partition coefficient (Wildman–Crippen LogP) is 0.707. The van der Waals surface area contributed by atoms with Crippen LogP contribution in [0, 0.1) is 0 Å². The molecule has 0 bridgehead atoms. The van der Waals surface area contributed by atoms with Crippen LogP contribution in [0.2, 0.25) is 0 Å². The maximum atomic E-state index is 5.32. The molecule has 78 valence electrons. The van der Waals surface area contributed by atoms with Gasteiger partial charge >= 0.3 is 0 Å². The molecule has 1 aliphatic rings. The normalized spacial score (nSPS) is 21.7. The Morgan fingerprint density at radius 1 is 1.38 bits per heavy atom. The van der Waals surface area contributed by atoms with Crippen molar-refractivity contribution in [3.05, 3.63) is 0 Å². The molecule has 13 heavy (non-hydrogen) atoms. The topological polar surface area (TPSA) is 24.5 Å². The fourth-order valence-electron chi connectivity index (χ4n) is 1.69. The summed E-state index contributed by atoms with van der Waals surface area (Å²) in [7, 11) is 0. The molecule has 0 saturated carbocycles. The number of ether oxygens (including phenoxy) is 1. The van der Waals surface area contributed by atoms with Crippen molar-refractivity contribution in [1.29, 1.82) is 0 Å². The van der Waals surface area contributed by atoms with Crippen molar-refractivity contribution in [2.75, 3.05) is 39.4 Å². The second kappa shape index (κ2) is 6.35. The lowest BCUT2D eigenvalue weighted by Gasteiger charge is -2.32. The van der Waals surface area contributed by atoms with E-state index in [1.54, 1.807) is 0 Å². The summed E-state index contributed by atoms with van der Waals surface area (Å²) in [5.74, 6) is 0. The van der Waals surface area contributed by atoms with Crippen LogP contribution >= 0.6 is 0 Å². The molecule has 0 spiro atoms. The molecule has 1 unspecified atom stereocenters. The van der Waals surface area contributed by atoms with E-state index in [1.165, 1.54) is 6.42 Å². The van der Waals surface area contributed by atoms with Gasteiger partial charge in [-0.05, 0) is 26.4 Å². The fraction of sp³-hybridized carbons (Fsp3) is 1.00. The Morgan fingerprint density at radius 3 is 2.69 bits per heavy atom. The first kappa shape index (κ1) is 11.0. The van der Waals surface area contributed by atoms with Crippen LogP contribution in [0.4, 0.5) is 0 Å². The van der Waals surface area contributed by atoms with E-state index < -0.39 is 0 Å². The first-order valence-corrected chi connectivity index (χ1v) is 5.37. The maximum absolute atomic E-state index is 5.32. The summed E-state index contributed by atoms with van der Waals surface area (Å²) in [5.41, 5.74) is 0. The molecule has 3 heteroatoms. The average molecular weight is 186 g/mol. The lowest BCUT2D eigenvalue weighted by molar-refractivity contribution is 0.0187. The summed E-state index contributed by atoms with van der Waals surface area (Å²) >= 11 is 0. The Bertz CT molecular complexity index is 124. The Kier molecular flexibility index (Phi) is 5.35. The van der Waals surface area contributed by atoms with E-state index in [9.17, 15) is 0 Å². The molecule has 0 aliphatic carbocycles. The van der Waals surface area contributed by atoms with Crippen molar-refractivity contribution in [3.8, 4) is 0 Å². The molecule has 1 atom stereocenters. The van der Waals surface area contributed by atoms with Crippen LogP contribution < -0.4 is 5.32 Å². The molecule has 0 aromatic rings. The molecule has 1 N–H and O–H groups in total. The third-order valence-corrected chi connectivity index (χ3v) is 2.66. The summed E-state index contributed by atoms with van der Waals surface area (Å²) in [5, 5.41) is 3.36. The van der Waals surface area contributed by atoms with Gasteiger partial charge in [-0.15, -0.1) is 0 Å². The van der Waals surface area contributed by atoms with Gasteiger partial charge in [0.1, 0.15) is 0 Å². The summed E-state index contributed by atoms with van der Waals surface area (Å²) in [6, 6.07) is 0.697. The van der Waals surface area contributed by atoms with E-state index in [1.807, 2.05) is 0 Å². The van der Waals surface area contributed by atoms with Gasteiger partial charge in [0, 0.05) is 19.1 Å². The van der Waals surface area contributed by atoms with Gasteiger partial charge in [0.15, 0.2) is 0 Å². The second-order valence-corrected chi connectivity index (χ2v) is 3.64. The highest BCUT2D eigenvalue weighted by molar-refractivity contribution is 4.70. The van der Waals surface area contributed by atoms with Crippen LogP contribution in [0.25, 0.3) is 0 Å². The summed E-state index contributed by atoms with van der Waals surface area (Å²) in [4.78, 5) is 2.51. The molecule has 1 aliphatic heterocycles. The first-order valence-electron chi connectivity index (χ1n) is 5.37. The van der Waals surface area contributed by atoms with Crippen molar-refractivity contribution in [2.24, 2.45) is 0 Å². The van der Waals surface area contributed by atoms with Crippen LogP contribution in [0.5, 0.6) is 0 Å². The zero-order valence-corrected chi connectivity index (χ0v) is 8.88. The zero-order valence-electron chi connectivity index (χ0n) is 8.88. The molecule has 1 fully saturated rings. The minimum Gasteiger partial charge on any atom is -0.379 e. The van der Waals surface area contributed by atoms with Gasteiger partial charge in [-0.25, -0.2) is 0 Å². The quantitative estimate of drug-likeness (QED) is 0.640. The molecular formula is C10H22N2O. The van der Waals surface area contributed by atoms with Gasteiger partial charge in [0.2, 0.25) is 0 Å². The van der Waals surface area contributed by atoms with Crippen LogP contribution in [0.1, 0.15) is 20.3 Å². The molecule has 0 radical (unpaired) electrons. The van der Waals surface area contributed by atoms with E-state index in [2.05, 4.69) is 24.1 Å². The van der Waals surface area contributed by atoms with Gasteiger partial charge in [0.05, 0.1) is 13.2 Å². The van der Waals surface area contributed by atoms with Gasteiger partial charge in [-0.1, -0.05) is 6.92 Å². The van der Waals surface area contributed by atoms with E-state index in [0.29, 0.717) is 6.04 Å². The number of morpholine rings is 1. The van der Waals surface area contributed by atoms with E-state index in [0.717, 1.165) is 39.4 Å². The van der Waals surface area contributed by atoms with Gasteiger partial charge in [-0.2, -0.15) is 0 Å². The van der Waals surface area contributed by atoms with Crippen LogP contribution in [0.15, 0.2) is 0 Å². The molecule has 1 heterocycles. The SMILES string of the molecule is CCNCCC(C)N1CCOCC1. The van der Waals surface area contributed by atoms with Crippen molar-refractivity contribution >= 4 is 0 Å². The fourth-order valence-corrected chi connectivity index (χ4v) is 1.69. The number of hydrogen-bond donors (Lipinski definition) is 1. The second-order valence-electron chi connectivity index (χ2n) is 3.64. The highest BCUT2D eigenvalue weighted by atomic mass is 16.5. The Balaban J connectivity index is 2.09. The van der Waals surface area contributed by atoms with Gasteiger partial charge in [0.25, 0.3) is 0 Å². The summed E-state index contributed by atoms with van der Waals surface area (Å²) in [6.07, 6.45) is 1.24. The van der Waals surface area contributed by atoms with Crippen LogP contribution in [-0.2, 0) is 4.74 Å². The van der Waals surface area contributed by atoms with Crippen LogP contribution in [-0.4, -0.2) is 50.3 Å². The van der Waals surface area contributed by atoms with Crippen molar-refractivity contribution in [3.63, 3.8) is 0 Å². The van der Waals surface area contributed by atoms with E-state index in [-0.39, 0.29) is 0 Å². The molecule has 1 saturated heterocycles. The Morgan fingerprint density at radius 2 is 2.08 bits per heavy atom. The third-order valence-electron chi connectivity index (χ3n) is 2.66. The van der Waals surface area contributed by atoms with Gasteiger partial charge in [-0.3, -0.25) is 4.90 Å². The molecule has 0 aromatic heterocycles. The molecular weight excluding hydrogens is 164 g/mol. The van der Waals surface area contributed by atoms with Crippen LogP contribution in [0.3, 0.4) is 0 Å². The number of nitrogens with one attached hydrogen (secondary N) is 1. The summed E-state index contributed by atoms with van der Waals surface area (Å²) in [6.45, 7) is 10.7. The lowest BCUT2D eigenvalue weighted by Crippen LogP contribution is -2.43. The number of hydrogen-bond acceptors (Lipinski definition) is 3. The Hall–Kier alpha value is -0.120. The van der Waals surface area contributed by atoms with Crippen molar-refractivity contribution < 1.29 is 4.74 Å². The predicted molar refractivity (Wildman–Crippen MR) is 55.0 cm³/mol. The third kappa shape index (κ3) is 4.07. The molecule has 1 rings (SSSR count). The van der Waals surface area contributed by atoms with Crippen molar-refractivity contribution in [1.82, 2.24) is 10.2 Å². The smallest absolute Gasteiger partial charge is 0.0594 e. The molecule has 0 amide bonds.